The van der Waals surface area contributed by atoms with Crippen LogP contribution in [0.1, 0.15) is 70.9 Å². The summed E-state index contributed by atoms with van der Waals surface area (Å²) >= 11 is 0. The second kappa shape index (κ2) is 10.2. The molecule has 1 atom stereocenters. The van der Waals surface area contributed by atoms with Crippen LogP contribution in [0.25, 0.3) is 11.3 Å². The third kappa shape index (κ3) is 5.08. The van der Waals surface area contributed by atoms with Gasteiger partial charge < -0.3 is 10.1 Å². The third-order valence-electron chi connectivity index (χ3n) is 7.88. The molecule has 1 unspecified atom stereocenters. The van der Waals surface area contributed by atoms with Crippen LogP contribution in [0.5, 0.6) is 0 Å². The quantitative estimate of drug-likeness (QED) is 0.531. The molecule has 1 N–H and O–H groups in total. The van der Waals surface area contributed by atoms with E-state index in [9.17, 15) is 4.79 Å². The molecule has 8 nitrogen and oxygen atoms in total. The summed E-state index contributed by atoms with van der Waals surface area (Å²) in [5, 5.41) is 7.50. The molecule has 1 saturated heterocycles. The Labute approximate surface area is 217 Å². The lowest BCUT2D eigenvalue weighted by Gasteiger charge is -2.36. The molecule has 1 aliphatic heterocycles. The van der Waals surface area contributed by atoms with Crippen molar-refractivity contribution in [1.29, 1.82) is 0 Å². The number of hydrogen-bond donors (Lipinski definition) is 1. The number of allylic oxidation sites excluding steroid dienone is 1. The SMILES string of the molecule is Cc1cc(NC(=O)c2cnn(-c3cncc(C4CC4)c3)c2C)cnc1C1=CCC(N2CCOCC2)CC1. The van der Waals surface area contributed by atoms with Gasteiger partial charge in [0.05, 0.1) is 60.1 Å². The Bertz CT molecular complexity index is 1340. The summed E-state index contributed by atoms with van der Waals surface area (Å²) in [6, 6.07) is 4.74. The summed E-state index contributed by atoms with van der Waals surface area (Å²) in [5.74, 6) is 0.426. The fraction of sp³-hybridized carbons (Fsp3) is 0.448. The molecule has 0 bridgehead atoms. The zero-order chi connectivity index (χ0) is 25.4. The van der Waals surface area contributed by atoms with Gasteiger partial charge in [-0.05, 0) is 80.7 Å². The minimum Gasteiger partial charge on any atom is -0.379 e. The van der Waals surface area contributed by atoms with Gasteiger partial charge in [-0.25, -0.2) is 4.68 Å². The minimum atomic E-state index is -0.186. The van der Waals surface area contributed by atoms with Crippen LogP contribution in [-0.2, 0) is 4.74 Å². The van der Waals surface area contributed by atoms with Gasteiger partial charge in [-0.1, -0.05) is 6.08 Å². The molecule has 3 aromatic rings. The van der Waals surface area contributed by atoms with E-state index in [-0.39, 0.29) is 5.91 Å². The number of carbonyl (C=O) groups excluding carboxylic acids is 1. The molecule has 4 heterocycles. The second-order valence-electron chi connectivity index (χ2n) is 10.5. The molecule has 8 heteroatoms. The average Bonchev–Trinajstić information content (AvgIpc) is 3.71. The first-order chi connectivity index (χ1) is 18.1. The van der Waals surface area contributed by atoms with Crippen molar-refractivity contribution >= 4 is 17.2 Å². The van der Waals surface area contributed by atoms with Gasteiger partial charge in [0.2, 0.25) is 0 Å². The molecule has 0 spiro atoms. The van der Waals surface area contributed by atoms with E-state index >= 15 is 0 Å². The first-order valence-corrected chi connectivity index (χ1v) is 13.4. The van der Waals surface area contributed by atoms with Crippen molar-refractivity contribution in [3.05, 3.63) is 71.1 Å². The fourth-order valence-corrected chi connectivity index (χ4v) is 5.58. The maximum atomic E-state index is 13.1. The van der Waals surface area contributed by atoms with Gasteiger partial charge in [-0.15, -0.1) is 0 Å². The summed E-state index contributed by atoms with van der Waals surface area (Å²) in [5.41, 5.74) is 7.56. The van der Waals surface area contributed by atoms with Crippen LogP contribution < -0.4 is 5.32 Å². The topological polar surface area (TPSA) is 85.2 Å². The highest BCUT2D eigenvalue weighted by Crippen LogP contribution is 2.40. The van der Waals surface area contributed by atoms with E-state index in [1.807, 2.05) is 19.2 Å². The predicted molar refractivity (Wildman–Crippen MR) is 143 cm³/mol. The van der Waals surface area contributed by atoms with Crippen molar-refractivity contribution in [2.24, 2.45) is 0 Å². The Morgan fingerprint density at radius 3 is 2.62 bits per heavy atom. The second-order valence-corrected chi connectivity index (χ2v) is 10.5. The van der Waals surface area contributed by atoms with E-state index in [1.54, 1.807) is 23.3 Å². The maximum absolute atomic E-state index is 13.1. The Balaban J connectivity index is 1.13. The van der Waals surface area contributed by atoms with Crippen LogP contribution >= 0.6 is 0 Å². The largest absolute Gasteiger partial charge is 0.379 e. The van der Waals surface area contributed by atoms with Crippen molar-refractivity contribution < 1.29 is 9.53 Å². The smallest absolute Gasteiger partial charge is 0.259 e. The maximum Gasteiger partial charge on any atom is 0.259 e. The van der Waals surface area contributed by atoms with E-state index in [4.69, 9.17) is 9.72 Å². The number of aromatic nitrogens is 4. The molecule has 1 amide bonds. The first-order valence-electron chi connectivity index (χ1n) is 13.4. The third-order valence-corrected chi connectivity index (χ3v) is 7.88. The lowest BCUT2D eigenvalue weighted by molar-refractivity contribution is 0.0150. The molecular formula is C29H34N6O2. The number of anilines is 1. The molecule has 3 aliphatic rings. The van der Waals surface area contributed by atoms with E-state index in [2.05, 4.69) is 39.4 Å². The summed E-state index contributed by atoms with van der Waals surface area (Å²) in [4.78, 5) is 24.8. The molecule has 3 aromatic heterocycles. The number of carbonyl (C=O) groups is 1. The zero-order valence-corrected chi connectivity index (χ0v) is 21.6. The zero-order valence-electron chi connectivity index (χ0n) is 21.6. The monoisotopic (exact) mass is 498 g/mol. The van der Waals surface area contributed by atoms with Crippen molar-refractivity contribution in [3.8, 4) is 5.69 Å². The number of nitrogens with one attached hydrogen (secondary N) is 1. The minimum absolute atomic E-state index is 0.186. The van der Waals surface area contributed by atoms with Gasteiger partial charge in [0.25, 0.3) is 5.91 Å². The van der Waals surface area contributed by atoms with E-state index in [1.165, 1.54) is 24.0 Å². The summed E-state index contributed by atoms with van der Waals surface area (Å²) in [7, 11) is 0. The standard InChI is InChI=1S/C29H34N6O2/c1-19-13-24(16-31-28(19)22-5-7-25(8-6-22)34-9-11-37-12-10-34)33-29(36)27-18-32-35(20(27)2)26-14-23(15-30-17-26)21-3-4-21/h5,13-18,21,25H,3-4,6-12H2,1-2H3,(H,33,36). The van der Waals surface area contributed by atoms with Gasteiger partial charge in [0, 0.05) is 25.3 Å². The van der Waals surface area contributed by atoms with E-state index < -0.39 is 0 Å². The number of pyridine rings is 2. The molecule has 37 heavy (non-hydrogen) atoms. The molecule has 192 valence electrons. The number of ether oxygens (including phenoxy) is 1. The van der Waals surface area contributed by atoms with E-state index in [0.717, 1.165) is 68.2 Å². The van der Waals surface area contributed by atoms with Gasteiger partial charge >= 0.3 is 0 Å². The number of hydrogen-bond acceptors (Lipinski definition) is 6. The summed E-state index contributed by atoms with van der Waals surface area (Å²) in [6.45, 7) is 7.72. The average molecular weight is 499 g/mol. The van der Waals surface area contributed by atoms with Crippen LogP contribution in [0.15, 0.2) is 43.0 Å². The highest BCUT2D eigenvalue weighted by Gasteiger charge is 2.26. The van der Waals surface area contributed by atoms with Crippen LogP contribution in [0, 0.1) is 13.8 Å². The van der Waals surface area contributed by atoms with Crippen molar-refractivity contribution in [2.75, 3.05) is 31.6 Å². The van der Waals surface area contributed by atoms with Gasteiger partial charge in [-0.2, -0.15) is 5.10 Å². The first kappa shape index (κ1) is 24.0. The lowest BCUT2D eigenvalue weighted by Crippen LogP contribution is -2.43. The van der Waals surface area contributed by atoms with Crippen LogP contribution in [0.3, 0.4) is 0 Å². The molecule has 6 rings (SSSR count). The summed E-state index contributed by atoms with van der Waals surface area (Å²) in [6.07, 6.45) is 15.1. The fourth-order valence-electron chi connectivity index (χ4n) is 5.58. The predicted octanol–water partition coefficient (Wildman–Crippen LogP) is 4.68. The Hall–Kier alpha value is -3.36. The number of amides is 1. The molecule has 0 aromatic carbocycles. The van der Waals surface area contributed by atoms with Crippen molar-refractivity contribution in [1.82, 2.24) is 24.6 Å². The highest BCUT2D eigenvalue weighted by molar-refractivity contribution is 6.05. The molecule has 2 fully saturated rings. The Kier molecular flexibility index (Phi) is 6.61. The Morgan fingerprint density at radius 1 is 1.05 bits per heavy atom. The van der Waals surface area contributed by atoms with Gasteiger partial charge in [0.1, 0.15) is 0 Å². The molecule has 2 aliphatic carbocycles. The molecular weight excluding hydrogens is 464 g/mol. The molecule has 0 radical (unpaired) electrons. The van der Waals surface area contributed by atoms with Crippen molar-refractivity contribution in [2.45, 2.75) is 57.9 Å². The van der Waals surface area contributed by atoms with Crippen LogP contribution in [0.4, 0.5) is 5.69 Å². The Morgan fingerprint density at radius 2 is 1.89 bits per heavy atom. The number of nitrogens with zero attached hydrogens (tertiary/aromatic N) is 5. The highest BCUT2D eigenvalue weighted by atomic mass is 16.5. The summed E-state index contributed by atoms with van der Waals surface area (Å²) < 4.78 is 7.29. The van der Waals surface area contributed by atoms with Gasteiger partial charge in [-0.3, -0.25) is 19.7 Å². The molecule has 1 saturated carbocycles. The number of rotatable bonds is 6. The number of aryl methyl sites for hydroxylation is 1. The number of morpholine rings is 1. The van der Waals surface area contributed by atoms with E-state index in [0.29, 0.717) is 23.2 Å². The van der Waals surface area contributed by atoms with Crippen LogP contribution in [-0.4, -0.2) is 62.9 Å². The lowest BCUT2D eigenvalue weighted by atomic mass is 9.90. The normalized spacial score (nSPS) is 20.5. The van der Waals surface area contributed by atoms with Gasteiger partial charge in [0.15, 0.2) is 0 Å². The van der Waals surface area contributed by atoms with Crippen molar-refractivity contribution in [3.63, 3.8) is 0 Å². The van der Waals surface area contributed by atoms with Crippen LogP contribution in [0.2, 0.25) is 0 Å².